The van der Waals surface area contributed by atoms with E-state index in [0.717, 1.165) is 23.6 Å². The van der Waals surface area contributed by atoms with Crippen molar-refractivity contribution in [3.63, 3.8) is 0 Å². The average Bonchev–Trinajstić information content (AvgIpc) is 2.72. The summed E-state index contributed by atoms with van der Waals surface area (Å²) in [5.74, 6) is 0.672. The molecule has 0 aliphatic carbocycles. The van der Waals surface area contributed by atoms with Crippen molar-refractivity contribution < 1.29 is 4.21 Å². The van der Waals surface area contributed by atoms with Gasteiger partial charge in [-0.3, -0.25) is 4.21 Å². The Morgan fingerprint density at radius 1 is 1.29 bits per heavy atom. The fraction of sp³-hybridized carbons (Fsp3) is 0.438. The molecule has 0 saturated heterocycles. The van der Waals surface area contributed by atoms with Crippen molar-refractivity contribution in [3.8, 4) is 5.69 Å². The Bertz CT molecular complexity index is 622. The largest absolute Gasteiger partial charge is 0.309 e. The molecule has 1 N–H and O–H groups in total. The summed E-state index contributed by atoms with van der Waals surface area (Å²) in [6, 6.07) is 10.4. The second-order valence-electron chi connectivity index (χ2n) is 5.42. The number of hydrogen-bond acceptors (Lipinski definition) is 3. The molecule has 21 heavy (non-hydrogen) atoms. The standard InChI is InChI=1S/C16H23N3OS/c1-12(11-21(4)20)17-10-16-13(2)18-19(14(16)3)15-8-6-5-7-9-15/h5-9,12,17H,10-11H2,1-4H3. The first-order chi connectivity index (χ1) is 9.99. The SMILES string of the molecule is Cc1nn(-c2ccccc2)c(C)c1CNC(C)CS(C)=O. The lowest BCUT2D eigenvalue weighted by molar-refractivity contribution is 0.585. The molecule has 0 amide bonds. The fourth-order valence-electron chi connectivity index (χ4n) is 2.44. The number of hydrogen-bond donors (Lipinski definition) is 1. The van der Waals surface area contributed by atoms with E-state index in [4.69, 9.17) is 0 Å². The molecule has 0 radical (unpaired) electrons. The van der Waals surface area contributed by atoms with Crippen LogP contribution in [-0.2, 0) is 17.3 Å². The first-order valence-corrected chi connectivity index (χ1v) is 8.85. The van der Waals surface area contributed by atoms with E-state index in [1.165, 1.54) is 5.56 Å². The molecule has 5 heteroatoms. The predicted molar refractivity (Wildman–Crippen MR) is 88.3 cm³/mol. The maximum absolute atomic E-state index is 11.2. The summed E-state index contributed by atoms with van der Waals surface area (Å²) < 4.78 is 13.2. The quantitative estimate of drug-likeness (QED) is 0.891. The fourth-order valence-corrected chi connectivity index (χ4v) is 3.26. The van der Waals surface area contributed by atoms with E-state index in [1.54, 1.807) is 6.26 Å². The van der Waals surface area contributed by atoms with Gasteiger partial charge in [-0.15, -0.1) is 0 Å². The van der Waals surface area contributed by atoms with Gasteiger partial charge in [0.2, 0.25) is 0 Å². The van der Waals surface area contributed by atoms with Crippen molar-refractivity contribution in [3.05, 3.63) is 47.3 Å². The lowest BCUT2D eigenvalue weighted by Crippen LogP contribution is -2.30. The van der Waals surface area contributed by atoms with Gasteiger partial charge in [-0.25, -0.2) is 4.68 Å². The first kappa shape index (κ1) is 15.9. The monoisotopic (exact) mass is 305 g/mol. The van der Waals surface area contributed by atoms with E-state index in [-0.39, 0.29) is 6.04 Å². The summed E-state index contributed by atoms with van der Waals surface area (Å²) in [4.78, 5) is 0. The van der Waals surface area contributed by atoms with Crippen LogP contribution in [0.1, 0.15) is 23.9 Å². The second-order valence-corrected chi connectivity index (χ2v) is 6.90. The topological polar surface area (TPSA) is 46.9 Å². The maximum Gasteiger partial charge on any atom is 0.0648 e. The molecule has 2 aromatic rings. The lowest BCUT2D eigenvalue weighted by Gasteiger charge is -2.12. The smallest absolute Gasteiger partial charge is 0.0648 e. The first-order valence-electron chi connectivity index (χ1n) is 7.13. The highest BCUT2D eigenvalue weighted by Crippen LogP contribution is 2.17. The highest BCUT2D eigenvalue weighted by atomic mass is 32.2. The van der Waals surface area contributed by atoms with Gasteiger partial charge in [-0.05, 0) is 32.9 Å². The van der Waals surface area contributed by atoms with Gasteiger partial charge in [0.25, 0.3) is 0 Å². The summed E-state index contributed by atoms with van der Waals surface area (Å²) in [5, 5.41) is 8.07. The molecule has 1 aromatic carbocycles. The van der Waals surface area contributed by atoms with Gasteiger partial charge in [-0.1, -0.05) is 18.2 Å². The van der Waals surface area contributed by atoms with E-state index >= 15 is 0 Å². The molecule has 2 rings (SSSR count). The molecule has 1 heterocycles. The number of benzene rings is 1. The Balaban J connectivity index is 2.15. The Morgan fingerprint density at radius 2 is 1.95 bits per heavy atom. The summed E-state index contributed by atoms with van der Waals surface area (Å²) in [5.41, 5.74) is 4.48. The number of nitrogens with one attached hydrogen (secondary N) is 1. The molecule has 0 bridgehead atoms. The van der Waals surface area contributed by atoms with Gasteiger partial charge in [0.05, 0.1) is 11.4 Å². The maximum atomic E-state index is 11.2. The predicted octanol–water partition coefficient (Wildman–Crippen LogP) is 2.35. The van der Waals surface area contributed by atoms with Crippen LogP contribution in [0.5, 0.6) is 0 Å². The molecule has 0 aliphatic heterocycles. The summed E-state index contributed by atoms with van der Waals surface area (Å²) in [6.45, 7) is 6.94. The lowest BCUT2D eigenvalue weighted by atomic mass is 10.2. The summed E-state index contributed by atoms with van der Waals surface area (Å²) >= 11 is 0. The van der Waals surface area contributed by atoms with Crippen LogP contribution in [0.4, 0.5) is 0 Å². The minimum atomic E-state index is -0.772. The Hall–Kier alpha value is -1.46. The minimum absolute atomic E-state index is 0.231. The van der Waals surface area contributed by atoms with Gasteiger partial charge >= 0.3 is 0 Å². The Labute approximate surface area is 129 Å². The molecule has 4 nitrogen and oxygen atoms in total. The third-order valence-electron chi connectivity index (χ3n) is 3.55. The molecule has 0 fully saturated rings. The van der Waals surface area contributed by atoms with Crippen molar-refractivity contribution in [2.24, 2.45) is 0 Å². The Kier molecular flexibility index (Phi) is 5.31. The van der Waals surface area contributed by atoms with E-state index in [0.29, 0.717) is 5.75 Å². The highest BCUT2D eigenvalue weighted by molar-refractivity contribution is 7.84. The third kappa shape index (κ3) is 4.02. The van der Waals surface area contributed by atoms with Crippen LogP contribution >= 0.6 is 0 Å². The van der Waals surface area contributed by atoms with E-state index in [1.807, 2.05) is 29.8 Å². The molecule has 2 atom stereocenters. The molecule has 114 valence electrons. The van der Waals surface area contributed by atoms with Crippen LogP contribution < -0.4 is 5.32 Å². The number of aryl methyl sites for hydroxylation is 1. The third-order valence-corrected chi connectivity index (χ3v) is 4.52. The zero-order valence-electron chi connectivity index (χ0n) is 13.1. The normalized spacial score (nSPS) is 14.1. The minimum Gasteiger partial charge on any atom is -0.309 e. The van der Waals surface area contributed by atoms with Crippen LogP contribution in [0.3, 0.4) is 0 Å². The van der Waals surface area contributed by atoms with Crippen LogP contribution in [0, 0.1) is 13.8 Å². The van der Waals surface area contributed by atoms with E-state index < -0.39 is 10.8 Å². The van der Waals surface area contributed by atoms with Gasteiger partial charge in [0.15, 0.2) is 0 Å². The number of para-hydroxylation sites is 1. The van der Waals surface area contributed by atoms with Crippen molar-refractivity contribution in [1.29, 1.82) is 0 Å². The summed E-state index contributed by atoms with van der Waals surface area (Å²) in [6.07, 6.45) is 1.74. The number of nitrogens with zero attached hydrogens (tertiary/aromatic N) is 2. The van der Waals surface area contributed by atoms with Crippen LogP contribution in [0.25, 0.3) is 5.69 Å². The van der Waals surface area contributed by atoms with E-state index in [2.05, 4.69) is 36.4 Å². The molecular formula is C16H23N3OS. The van der Waals surface area contributed by atoms with Gasteiger partial charge in [0.1, 0.15) is 0 Å². The average molecular weight is 305 g/mol. The zero-order chi connectivity index (χ0) is 15.4. The van der Waals surface area contributed by atoms with Gasteiger partial charge in [0, 0.05) is 46.7 Å². The van der Waals surface area contributed by atoms with Gasteiger partial charge < -0.3 is 5.32 Å². The highest BCUT2D eigenvalue weighted by Gasteiger charge is 2.13. The van der Waals surface area contributed by atoms with Crippen molar-refractivity contribution in [2.45, 2.75) is 33.4 Å². The van der Waals surface area contributed by atoms with Crippen molar-refractivity contribution in [2.75, 3.05) is 12.0 Å². The molecular weight excluding hydrogens is 282 g/mol. The summed E-state index contributed by atoms with van der Waals surface area (Å²) in [7, 11) is -0.772. The number of rotatable bonds is 6. The van der Waals surface area contributed by atoms with E-state index in [9.17, 15) is 4.21 Å². The molecule has 0 aliphatic rings. The van der Waals surface area contributed by atoms with Crippen LogP contribution in [-0.4, -0.2) is 32.0 Å². The molecule has 2 unspecified atom stereocenters. The van der Waals surface area contributed by atoms with Crippen molar-refractivity contribution in [1.82, 2.24) is 15.1 Å². The molecule has 0 spiro atoms. The second kappa shape index (κ2) is 7.00. The van der Waals surface area contributed by atoms with Crippen molar-refractivity contribution >= 4 is 10.8 Å². The Morgan fingerprint density at radius 3 is 2.57 bits per heavy atom. The zero-order valence-corrected chi connectivity index (χ0v) is 13.9. The number of aromatic nitrogens is 2. The molecule has 0 saturated carbocycles. The van der Waals surface area contributed by atoms with Crippen LogP contribution in [0.2, 0.25) is 0 Å². The molecule has 1 aromatic heterocycles. The van der Waals surface area contributed by atoms with Crippen LogP contribution in [0.15, 0.2) is 30.3 Å². The van der Waals surface area contributed by atoms with Gasteiger partial charge in [-0.2, -0.15) is 5.10 Å².